The van der Waals surface area contributed by atoms with Crippen molar-refractivity contribution in [1.29, 1.82) is 0 Å². The van der Waals surface area contributed by atoms with Crippen LogP contribution in [0.5, 0.6) is 0 Å². The Kier molecular flexibility index (Phi) is 5.63. The minimum Gasteiger partial charge on any atom is -0.352 e. The summed E-state index contributed by atoms with van der Waals surface area (Å²) in [6.07, 6.45) is 0. The quantitative estimate of drug-likeness (QED) is 0.884. The molecule has 2 N–H and O–H groups in total. The van der Waals surface area contributed by atoms with Crippen LogP contribution in [0.1, 0.15) is 41.4 Å². The number of nitrogens with one attached hydrogen (secondary N) is 2. The maximum absolute atomic E-state index is 13.7. The molecular formula is C18H18F2N2O2. The van der Waals surface area contributed by atoms with E-state index in [1.807, 2.05) is 0 Å². The minimum absolute atomic E-state index is 0.132. The molecule has 2 aromatic rings. The van der Waals surface area contributed by atoms with Gasteiger partial charge in [-0.05, 0) is 30.7 Å². The first-order chi connectivity index (χ1) is 11.4. The Hall–Kier alpha value is -2.76. The number of carbonyl (C=O) groups is 2. The molecule has 6 heteroatoms. The van der Waals surface area contributed by atoms with Crippen LogP contribution >= 0.6 is 0 Å². The first kappa shape index (κ1) is 17.6. The molecule has 126 valence electrons. The van der Waals surface area contributed by atoms with Crippen molar-refractivity contribution in [2.24, 2.45) is 0 Å². The van der Waals surface area contributed by atoms with Crippen LogP contribution in [0.4, 0.5) is 8.78 Å². The Morgan fingerprint density at radius 2 is 1.75 bits per heavy atom. The van der Waals surface area contributed by atoms with Gasteiger partial charge in [0.15, 0.2) is 0 Å². The summed E-state index contributed by atoms with van der Waals surface area (Å²) in [5.41, 5.74) is 1.49. The van der Waals surface area contributed by atoms with Gasteiger partial charge in [-0.2, -0.15) is 0 Å². The predicted molar refractivity (Wildman–Crippen MR) is 86.2 cm³/mol. The van der Waals surface area contributed by atoms with Crippen molar-refractivity contribution >= 4 is 11.8 Å². The molecule has 0 aliphatic heterocycles. The van der Waals surface area contributed by atoms with E-state index in [-0.39, 0.29) is 17.4 Å². The zero-order chi connectivity index (χ0) is 17.7. The van der Waals surface area contributed by atoms with Gasteiger partial charge < -0.3 is 10.6 Å². The van der Waals surface area contributed by atoms with Gasteiger partial charge >= 0.3 is 0 Å². The predicted octanol–water partition coefficient (Wildman–Crippen LogP) is 3.09. The Balaban J connectivity index is 2.02. The van der Waals surface area contributed by atoms with Crippen molar-refractivity contribution in [3.8, 4) is 0 Å². The molecule has 2 rings (SSSR count). The molecule has 1 atom stereocenters. The van der Waals surface area contributed by atoms with Crippen molar-refractivity contribution in [2.45, 2.75) is 26.4 Å². The highest BCUT2D eigenvalue weighted by Crippen LogP contribution is 2.18. The molecular weight excluding hydrogens is 314 g/mol. The molecule has 0 saturated heterocycles. The minimum atomic E-state index is -0.701. The Morgan fingerprint density at radius 3 is 2.33 bits per heavy atom. The van der Waals surface area contributed by atoms with Crippen LogP contribution in [0.2, 0.25) is 0 Å². The highest BCUT2D eigenvalue weighted by Gasteiger charge is 2.15. The average Bonchev–Trinajstić information content (AvgIpc) is 2.53. The number of rotatable bonds is 5. The lowest BCUT2D eigenvalue weighted by atomic mass is 10.1. The van der Waals surface area contributed by atoms with E-state index in [4.69, 9.17) is 0 Å². The Bertz CT molecular complexity index is 745. The standard InChI is InChI=1S/C18H18F2N2O2/c1-11(16-8-7-15(19)9-17(16)20)22-18(24)14-5-3-13(4-6-14)10-21-12(2)23/h3-9,11H,10H2,1-2H3,(H,21,23)(H,22,24). The fourth-order valence-corrected chi connectivity index (χ4v) is 2.21. The van der Waals surface area contributed by atoms with Crippen molar-refractivity contribution < 1.29 is 18.4 Å². The van der Waals surface area contributed by atoms with Gasteiger partial charge in [0.05, 0.1) is 6.04 Å². The summed E-state index contributed by atoms with van der Waals surface area (Å²) >= 11 is 0. The SMILES string of the molecule is CC(=O)NCc1ccc(C(=O)NC(C)c2ccc(F)cc2F)cc1. The Labute approximate surface area is 138 Å². The summed E-state index contributed by atoms with van der Waals surface area (Å²) in [6, 6.07) is 9.36. The van der Waals surface area contributed by atoms with E-state index in [9.17, 15) is 18.4 Å². The van der Waals surface area contributed by atoms with Crippen LogP contribution in [0.25, 0.3) is 0 Å². The molecule has 0 bridgehead atoms. The molecule has 0 spiro atoms. The van der Waals surface area contributed by atoms with E-state index >= 15 is 0 Å². The van der Waals surface area contributed by atoms with Crippen LogP contribution in [-0.2, 0) is 11.3 Å². The number of benzene rings is 2. The summed E-state index contributed by atoms with van der Waals surface area (Å²) in [5.74, 6) is -1.86. The first-order valence-electron chi connectivity index (χ1n) is 7.46. The van der Waals surface area contributed by atoms with E-state index in [0.717, 1.165) is 17.7 Å². The van der Waals surface area contributed by atoms with Gasteiger partial charge in [-0.15, -0.1) is 0 Å². The van der Waals surface area contributed by atoms with Crippen molar-refractivity contribution in [2.75, 3.05) is 0 Å². The number of carbonyl (C=O) groups excluding carboxylic acids is 2. The summed E-state index contributed by atoms with van der Waals surface area (Å²) in [7, 11) is 0. The lowest BCUT2D eigenvalue weighted by Crippen LogP contribution is -2.27. The van der Waals surface area contributed by atoms with Crippen LogP contribution in [0.15, 0.2) is 42.5 Å². The van der Waals surface area contributed by atoms with Gasteiger partial charge in [-0.1, -0.05) is 18.2 Å². The molecule has 0 aromatic heterocycles. The van der Waals surface area contributed by atoms with E-state index < -0.39 is 17.7 Å². The van der Waals surface area contributed by atoms with Crippen LogP contribution in [0.3, 0.4) is 0 Å². The number of halogens is 2. The molecule has 0 aliphatic rings. The largest absolute Gasteiger partial charge is 0.352 e. The normalized spacial score (nSPS) is 11.7. The maximum Gasteiger partial charge on any atom is 0.251 e. The highest BCUT2D eigenvalue weighted by atomic mass is 19.1. The monoisotopic (exact) mass is 332 g/mol. The number of hydrogen-bond donors (Lipinski definition) is 2. The highest BCUT2D eigenvalue weighted by molar-refractivity contribution is 5.94. The smallest absolute Gasteiger partial charge is 0.251 e. The van der Waals surface area contributed by atoms with Crippen molar-refractivity contribution in [3.05, 3.63) is 70.8 Å². The zero-order valence-corrected chi connectivity index (χ0v) is 13.4. The lowest BCUT2D eigenvalue weighted by Gasteiger charge is -2.15. The zero-order valence-electron chi connectivity index (χ0n) is 13.4. The van der Waals surface area contributed by atoms with Gasteiger partial charge in [0, 0.05) is 30.7 Å². The van der Waals surface area contributed by atoms with Gasteiger partial charge in [0.1, 0.15) is 11.6 Å². The molecule has 24 heavy (non-hydrogen) atoms. The van der Waals surface area contributed by atoms with E-state index in [0.29, 0.717) is 12.1 Å². The number of amides is 2. The summed E-state index contributed by atoms with van der Waals surface area (Å²) in [4.78, 5) is 23.1. The fourth-order valence-electron chi connectivity index (χ4n) is 2.21. The number of hydrogen-bond acceptors (Lipinski definition) is 2. The van der Waals surface area contributed by atoms with Gasteiger partial charge in [-0.25, -0.2) is 8.78 Å². The second kappa shape index (κ2) is 7.68. The molecule has 2 amide bonds. The maximum atomic E-state index is 13.7. The van der Waals surface area contributed by atoms with Crippen LogP contribution in [0, 0.1) is 11.6 Å². The molecule has 0 saturated carbocycles. The first-order valence-corrected chi connectivity index (χ1v) is 7.46. The van der Waals surface area contributed by atoms with Gasteiger partial charge in [0.2, 0.25) is 5.91 Å². The lowest BCUT2D eigenvalue weighted by molar-refractivity contribution is -0.119. The van der Waals surface area contributed by atoms with Gasteiger partial charge in [0.25, 0.3) is 5.91 Å². The topological polar surface area (TPSA) is 58.2 Å². The third-order valence-corrected chi connectivity index (χ3v) is 3.53. The fraction of sp³-hybridized carbons (Fsp3) is 0.222. The van der Waals surface area contributed by atoms with E-state index in [1.165, 1.54) is 13.0 Å². The third kappa shape index (κ3) is 4.62. The van der Waals surface area contributed by atoms with E-state index in [1.54, 1.807) is 31.2 Å². The van der Waals surface area contributed by atoms with Gasteiger partial charge in [-0.3, -0.25) is 9.59 Å². The summed E-state index contributed by atoms with van der Waals surface area (Å²) < 4.78 is 26.7. The molecule has 4 nitrogen and oxygen atoms in total. The van der Waals surface area contributed by atoms with E-state index in [2.05, 4.69) is 10.6 Å². The average molecular weight is 332 g/mol. The second-order valence-corrected chi connectivity index (χ2v) is 5.47. The second-order valence-electron chi connectivity index (χ2n) is 5.47. The van der Waals surface area contributed by atoms with Crippen molar-refractivity contribution in [1.82, 2.24) is 10.6 Å². The molecule has 0 heterocycles. The third-order valence-electron chi connectivity index (χ3n) is 3.53. The Morgan fingerprint density at radius 1 is 1.08 bits per heavy atom. The van der Waals surface area contributed by atoms with Crippen LogP contribution in [-0.4, -0.2) is 11.8 Å². The summed E-state index contributed by atoms with van der Waals surface area (Å²) in [6.45, 7) is 3.44. The molecule has 0 aliphatic carbocycles. The molecule has 0 radical (unpaired) electrons. The van der Waals surface area contributed by atoms with Crippen molar-refractivity contribution in [3.63, 3.8) is 0 Å². The molecule has 2 aromatic carbocycles. The molecule has 0 fully saturated rings. The summed E-state index contributed by atoms with van der Waals surface area (Å²) in [5, 5.41) is 5.33. The molecule has 1 unspecified atom stereocenters. The van der Waals surface area contributed by atoms with Crippen LogP contribution < -0.4 is 10.6 Å².